The van der Waals surface area contributed by atoms with Crippen LogP contribution in [-0.4, -0.2) is 0 Å². The zero-order valence-electron chi connectivity index (χ0n) is 14.2. The van der Waals surface area contributed by atoms with Crippen molar-refractivity contribution in [3.05, 3.63) is 49.1 Å². The predicted molar refractivity (Wildman–Crippen MR) is 98.7 cm³/mol. The molecule has 0 rings (SSSR count). The van der Waals surface area contributed by atoms with Gasteiger partial charge in [-0.15, -0.1) is 0 Å². The SMILES string of the molecule is C=CC=CC=CC=CCCCCCCCCCCCCC. The van der Waals surface area contributed by atoms with E-state index in [4.69, 9.17) is 0 Å². The summed E-state index contributed by atoms with van der Waals surface area (Å²) in [4.78, 5) is 0. The van der Waals surface area contributed by atoms with Crippen LogP contribution in [0.1, 0.15) is 84.0 Å². The minimum Gasteiger partial charge on any atom is -0.0991 e. The quantitative estimate of drug-likeness (QED) is 0.216. The Morgan fingerprint density at radius 2 is 1.05 bits per heavy atom. The molecule has 0 nitrogen and oxygen atoms in total. The minimum absolute atomic E-state index is 1.21. The van der Waals surface area contributed by atoms with Gasteiger partial charge >= 0.3 is 0 Å². The van der Waals surface area contributed by atoms with Gasteiger partial charge in [0.25, 0.3) is 0 Å². The van der Waals surface area contributed by atoms with Crippen molar-refractivity contribution in [1.29, 1.82) is 0 Å². The van der Waals surface area contributed by atoms with Crippen molar-refractivity contribution in [2.45, 2.75) is 84.0 Å². The molecule has 0 aliphatic carbocycles. The highest BCUT2D eigenvalue weighted by Gasteiger charge is 1.92. The van der Waals surface area contributed by atoms with Crippen molar-refractivity contribution < 1.29 is 0 Å². The molecule has 0 fully saturated rings. The molecule has 0 bridgehead atoms. The number of hydrogen-bond donors (Lipinski definition) is 0. The van der Waals surface area contributed by atoms with Crippen molar-refractivity contribution in [3.8, 4) is 0 Å². The van der Waals surface area contributed by atoms with Crippen LogP contribution in [0.3, 0.4) is 0 Å². The topological polar surface area (TPSA) is 0 Å². The van der Waals surface area contributed by atoms with Crippen LogP contribution in [0, 0.1) is 0 Å². The molecule has 0 spiro atoms. The largest absolute Gasteiger partial charge is 0.0991 e. The van der Waals surface area contributed by atoms with E-state index in [1.807, 2.05) is 18.2 Å². The van der Waals surface area contributed by atoms with Crippen molar-refractivity contribution in [2.24, 2.45) is 0 Å². The summed E-state index contributed by atoms with van der Waals surface area (Å²) < 4.78 is 0. The molecule has 0 atom stereocenters. The smallest absolute Gasteiger partial charge is 0.0348 e. The molecule has 21 heavy (non-hydrogen) atoms. The van der Waals surface area contributed by atoms with Gasteiger partial charge < -0.3 is 0 Å². The summed E-state index contributed by atoms with van der Waals surface area (Å²) in [6.07, 6.45) is 31.1. The highest BCUT2D eigenvalue weighted by molar-refractivity contribution is 5.14. The van der Waals surface area contributed by atoms with E-state index in [1.165, 1.54) is 77.0 Å². The first kappa shape index (κ1) is 20.0. The Kier molecular flexibility index (Phi) is 18.0. The van der Waals surface area contributed by atoms with E-state index in [2.05, 4.69) is 31.7 Å². The van der Waals surface area contributed by atoms with Crippen LogP contribution in [0.4, 0.5) is 0 Å². The Bertz CT molecular complexity index is 280. The lowest BCUT2D eigenvalue weighted by Gasteiger charge is -2.01. The first-order valence-electron chi connectivity index (χ1n) is 9.02. The van der Waals surface area contributed by atoms with E-state index < -0.39 is 0 Å². The normalized spacial score (nSPS) is 12.0. The third kappa shape index (κ3) is 19.0. The molecule has 120 valence electrons. The van der Waals surface area contributed by atoms with Gasteiger partial charge in [-0.25, -0.2) is 0 Å². The van der Waals surface area contributed by atoms with Crippen LogP contribution < -0.4 is 0 Å². The maximum atomic E-state index is 3.63. The third-order valence-corrected chi connectivity index (χ3v) is 3.69. The van der Waals surface area contributed by atoms with Gasteiger partial charge in [0, 0.05) is 0 Å². The van der Waals surface area contributed by atoms with Gasteiger partial charge in [-0.1, -0.05) is 120 Å². The first-order chi connectivity index (χ1) is 10.4. The second-order valence-corrected chi connectivity index (χ2v) is 5.76. The molecule has 0 heterocycles. The maximum absolute atomic E-state index is 3.63. The number of hydrogen-bond acceptors (Lipinski definition) is 0. The van der Waals surface area contributed by atoms with E-state index in [1.54, 1.807) is 6.08 Å². The van der Waals surface area contributed by atoms with E-state index in [0.717, 1.165) is 0 Å². The summed E-state index contributed by atoms with van der Waals surface area (Å²) >= 11 is 0. The van der Waals surface area contributed by atoms with Crippen LogP contribution in [0.2, 0.25) is 0 Å². The summed E-state index contributed by atoms with van der Waals surface area (Å²) in [5.41, 5.74) is 0. The molecule has 0 saturated heterocycles. The van der Waals surface area contributed by atoms with Crippen LogP contribution in [0.25, 0.3) is 0 Å². The van der Waals surface area contributed by atoms with E-state index >= 15 is 0 Å². The van der Waals surface area contributed by atoms with Gasteiger partial charge in [0.05, 0.1) is 0 Å². The Hall–Kier alpha value is -1.04. The average molecular weight is 289 g/mol. The molecule has 0 amide bonds. The minimum atomic E-state index is 1.21. The zero-order valence-corrected chi connectivity index (χ0v) is 14.2. The number of allylic oxidation sites excluding steroid dienone is 7. The number of unbranched alkanes of at least 4 members (excludes halogenated alkanes) is 11. The molecule has 0 radical (unpaired) electrons. The monoisotopic (exact) mass is 288 g/mol. The average Bonchev–Trinajstić information content (AvgIpc) is 2.50. The first-order valence-corrected chi connectivity index (χ1v) is 9.02. The summed E-state index contributed by atoms with van der Waals surface area (Å²) in [6.45, 7) is 5.92. The van der Waals surface area contributed by atoms with Crippen LogP contribution in [0.5, 0.6) is 0 Å². The molecule has 0 saturated carbocycles. The summed E-state index contributed by atoms with van der Waals surface area (Å²) in [5, 5.41) is 0. The fraction of sp³-hybridized carbons (Fsp3) is 0.619. The lowest BCUT2D eigenvalue weighted by molar-refractivity contribution is 0.550. The predicted octanol–water partition coefficient (Wildman–Crippen LogP) is 7.54. The summed E-state index contributed by atoms with van der Waals surface area (Å²) in [6, 6.07) is 0. The number of rotatable bonds is 15. The van der Waals surface area contributed by atoms with Gasteiger partial charge in [0.15, 0.2) is 0 Å². The molecular weight excluding hydrogens is 252 g/mol. The molecule has 0 N–H and O–H groups in total. The second-order valence-electron chi connectivity index (χ2n) is 5.76. The Morgan fingerprint density at radius 3 is 1.62 bits per heavy atom. The lowest BCUT2D eigenvalue weighted by atomic mass is 10.1. The van der Waals surface area contributed by atoms with Gasteiger partial charge in [-0.05, 0) is 12.8 Å². The summed E-state index contributed by atoms with van der Waals surface area (Å²) in [5.74, 6) is 0. The van der Waals surface area contributed by atoms with Crippen molar-refractivity contribution in [2.75, 3.05) is 0 Å². The Balaban J connectivity index is 3.15. The van der Waals surface area contributed by atoms with Crippen LogP contribution in [0.15, 0.2) is 49.1 Å². The van der Waals surface area contributed by atoms with Gasteiger partial charge in [-0.3, -0.25) is 0 Å². The Labute approximate surface area is 133 Å². The molecule has 0 aromatic carbocycles. The molecule has 0 unspecified atom stereocenters. The van der Waals surface area contributed by atoms with E-state index in [9.17, 15) is 0 Å². The van der Waals surface area contributed by atoms with Crippen molar-refractivity contribution >= 4 is 0 Å². The second kappa shape index (κ2) is 19.0. The van der Waals surface area contributed by atoms with Crippen molar-refractivity contribution in [3.63, 3.8) is 0 Å². The van der Waals surface area contributed by atoms with Gasteiger partial charge in [0.2, 0.25) is 0 Å². The molecule has 0 aliphatic rings. The molecule has 0 aromatic heterocycles. The summed E-state index contributed by atoms with van der Waals surface area (Å²) in [7, 11) is 0. The standard InChI is InChI=1S/C21H36/c1-3-5-7-9-11-13-15-17-19-21-20-18-16-14-12-10-8-6-4-2/h3,5,7,9,11,13,15H,1,4,6,8,10,12,14,16-21H2,2H3. The van der Waals surface area contributed by atoms with Gasteiger partial charge in [-0.2, -0.15) is 0 Å². The lowest BCUT2D eigenvalue weighted by Crippen LogP contribution is -1.81. The third-order valence-electron chi connectivity index (χ3n) is 3.69. The van der Waals surface area contributed by atoms with Crippen LogP contribution >= 0.6 is 0 Å². The van der Waals surface area contributed by atoms with Crippen molar-refractivity contribution in [1.82, 2.24) is 0 Å². The molecule has 0 heteroatoms. The van der Waals surface area contributed by atoms with Gasteiger partial charge in [0.1, 0.15) is 0 Å². The highest BCUT2D eigenvalue weighted by atomic mass is 14.0. The van der Waals surface area contributed by atoms with E-state index in [0.29, 0.717) is 0 Å². The molecule has 0 aliphatic heterocycles. The Morgan fingerprint density at radius 1 is 0.571 bits per heavy atom. The molecule has 0 aromatic rings. The zero-order chi connectivity index (χ0) is 15.4. The maximum Gasteiger partial charge on any atom is -0.0348 e. The molecular formula is C21H36. The van der Waals surface area contributed by atoms with E-state index in [-0.39, 0.29) is 0 Å². The van der Waals surface area contributed by atoms with Crippen LogP contribution in [-0.2, 0) is 0 Å². The highest BCUT2D eigenvalue weighted by Crippen LogP contribution is 2.11. The fourth-order valence-electron chi connectivity index (χ4n) is 2.37. The fourth-order valence-corrected chi connectivity index (χ4v) is 2.37.